The minimum absolute atomic E-state index is 0.189. The Morgan fingerprint density at radius 3 is 2.69 bits per heavy atom. The molecule has 3 nitrogen and oxygen atoms in total. The molecule has 0 saturated carbocycles. The van der Waals surface area contributed by atoms with Crippen molar-refractivity contribution < 1.29 is 13.9 Å². The van der Waals surface area contributed by atoms with Gasteiger partial charge in [0.15, 0.2) is 0 Å². The molecule has 0 spiro atoms. The summed E-state index contributed by atoms with van der Waals surface area (Å²) in [6.45, 7) is 2.22. The van der Waals surface area contributed by atoms with Crippen LogP contribution in [0, 0.1) is 12.7 Å². The first-order chi connectivity index (χ1) is 14.0. The fourth-order valence-electron chi connectivity index (χ4n) is 3.79. The summed E-state index contributed by atoms with van der Waals surface area (Å²) in [6, 6.07) is 19.8. The van der Waals surface area contributed by atoms with Gasteiger partial charge in [-0.05, 0) is 60.2 Å². The van der Waals surface area contributed by atoms with Gasteiger partial charge in [0.2, 0.25) is 0 Å². The van der Waals surface area contributed by atoms with E-state index in [0.29, 0.717) is 6.42 Å². The van der Waals surface area contributed by atoms with Gasteiger partial charge in [-0.25, -0.2) is 9.18 Å². The summed E-state index contributed by atoms with van der Waals surface area (Å²) in [7, 11) is 0. The maximum atomic E-state index is 13.9. The second kappa shape index (κ2) is 8.37. The van der Waals surface area contributed by atoms with E-state index in [2.05, 4.69) is 22.0 Å². The van der Waals surface area contributed by atoms with E-state index >= 15 is 0 Å². The summed E-state index contributed by atoms with van der Waals surface area (Å²) in [5.41, 5.74) is 4.70. The average Bonchev–Trinajstić information content (AvgIpc) is 2.73. The van der Waals surface area contributed by atoms with Crippen LogP contribution in [0.1, 0.15) is 34.7 Å². The first-order valence-electron chi connectivity index (χ1n) is 9.57. The first kappa shape index (κ1) is 19.6. The molecule has 5 heteroatoms. The lowest BCUT2D eigenvalue weighted by Crippen LogP contribution is -2.39. The molecule has 1 atom stereocenters. The van der Waals surface area contributed by atoms with Crippen LogP contribution in [-0.2, 0) is 17.8 Å². The highest BCUT2D eigenvalue weighted by Crippen LogP contribution is 2.41. The van der Waals surface area contributed by atoms with Crippen molar-refractivity contribution in [2.75, 3.05) is 4.90 Å². The normalized spacial score (nSPS) is 15.7. The highest BCUT2D eigenvalue weighted by molar-refractivity contribution is 9.10. The molecule has 1 heterocycles. The molecule has 0 saturated heterocycles. The van der Waals surface area contributed by atoms with E-state index in [1.165, 1.54) is 12.1 Å². The molecular weight excluding hydrogens is 433 g/mol. The number of halogens is 2. The number of rotatable bonds is 3. The van der Waals surface area contributed by atoms with Crippen LogP contribution >= 0.6 is 15.9 Å². The van der Waals surface area contributed by atoms with E-state index in [9.17, 15) is 9.18 Å². The Labute approximate surface area is 178 Å². The number of amides is 1. The molecule has 3 aromatic carbocycles. The Bertz CT molecular complexity index is 1040. The van der Waals surface area contributed by atoms with Crippen molar-refractivity contribution in [3.8, 4) is 0 Å². The van der Waals surface area contributed by atoms with Crippen molar-refractivity contribution >= 4 is 27.7 Å². The number of benzene rings is 3. The van der Waals surface area contributed by atoms with Crippen LogP contribution in [0.25, 0.3) is 0 Å². The zero-order valence-electron chi connectivity index (χ0n) is 16.1. The fourth-order valence-corrected chi connectivity index (χ4v) is 4.12. The number of carbonyl (C=O) groups is 1. The van der Waals surface area contributed by atoms with Gasteiger partial charge in [-0.2, -0.15) is 0 Å². The zero-order chi connectivity index (χ0) is 20.4. The number of fused-ring (bicyclic) bond motifs is 1. The number of hydrogen-bond acceptors (Lipinski definition) is 2. The summed E-state index contributed by atoms with van der Waals surface area (Å²) in [5.74, 6) is -0.309. The maximum absolute atomic E-state index is 13.9. The Hall–Kier alpha value is -2.66. The van der Waals surface area contributed by atoms with Crippen LogP contribution in [0.4, 0.5) is 14.9 Å². The molecule has 148 valence electrons. The third-order valence-corrected chi connectivity index (χ3v) is 6.11. The largest absolute Gasteiger partial charge is 0.444 e. The lowest BCUT2D eigenvalue weighted by atomic mass is 9.90. The van der Waals surface area contributed by atoms with E-state index in [4.69, 9.17) is 4.74 Å². The van der Waals surface area contributed by atoms with Crippen molar-refractivity contribution in [3.05, 3.63) is 99.3 Å². The standard InChI is InChI=1S/C24H21BrFNO2/c1-16-12-19-10-11-22(18-8-5-9-20(26)13-18)27(23(19)14-21(16)25)24(28)29-15-17-6-3-2-4-7-17/h2-9,12-14,22H,10-11,15H2,1H3. The molecule has 1 amide bonds. The van der Waals surface area contributed by atoms with E-state index < -0.39 is 6.09 Å². The molecule has 4 rings (SSSR count). The molecule has 0 bridgehead atoms. The molecule has 1 unspecified atom stereocenters. The molecule has 29 heavy (non-hydrogen) atoms. The van der Waals surface area contributed by atoms with Gasteiger partial charge in [-0.1, -0.05) is 64.5 Å². The summed E-state index contributed by atoms with van der Waals surface area (Å²) >= 11 is 3.58. The van der Waals surface area contributed by atoms with E-state index in [-0.39, 0.29) is 18.5 Å². The van der Waals surface area contributed by atoms with E-state index in [1.807, 2.05) is 49.4 Å². The van der Waals surface area contributed by atoms with Gasteiger partial charge >= 0.3 is 6.09 Å². The molecule has 3 aromatic rings. The molecule has 0 N–H and O–H groups in total. The van der Waals surface area contributed by atoms with Gasteiger partial charge in [0.05, 0.1) is 11.7 Å². The van der Waals surface area contributed by atoms with Crippen molar-refractivity contribution in [3.63, 3.8) is 0 Å². The van der Waals surface area contributed by atoms with E-state index in [1.54, 1.807) is 11.0 Å². The molecule has 0 radical (unpaired) electrons. The number of carbonyl (C=O) groups excluding carboxylic acids is 1. The lowest BCUT2D eigenvalue weighted by molar-refractivity contribution is 0.143. The number of ether oxygens (including phenoxy) is 1. The molecule has 0 aromatic heterocycles. The quantitative estimate of drug-likeness (QED) is 0.439. The lowest BCUT2D eigenvalue weighted by Gasteiger charge is -2.37. The monoisotopic (exact) mass is 453 g/mol. The highest BCUT2D eigenvalue weighted by atomic mass is 79.9. The zero-order valence-corrected chi connectivity index (χ0v) is 17.7. The Kier molecular flexibility index (Phi) is 5.67. The van der Waals surface area contributed by atoms with Crippen molar-refractivity contribution in [1.82, 2.24) is 0 Å². The van der Waals surface area contributed by atoms with Crippen molar-refractivity contribution in [2.45, 2.75) is 32.4 Å². The van der Waals surface area contributed by atoms with Gasteiger partial charge in [0.25, 0.3) is 0 Å². The van der Waals surface area contributed by atoms with Gasteiger partial charge in [-0.3, -0.25) is 4.90 Å². The molecule has 1 aliphatic rings. The van der Waals surface area contributed by atoms with Crippen molar-refractivity contribution in [2.24, 2.45) is 0 Å². The number of anilines is 1. The van der Waals surface area contributed by atoms with Gasteiger partial charge in [0.1, 0.15) is 12.4 Å². The second-order valence-corrected chi connectivity index (χ2v) is 8.10. The predicted octanol–water partition coefficient (Wildman–Crippen LogP) is 6.73. The van der Waals surface area contributed by atoms with Gasteiger partial charge in [-0.15, -0.1) is 0 Å². The number of nitrogens with zero attached hydrogens (tertiary/aromatic N) is 1. The minimum Gasteiger partial charge on any atom is -0.444 e. The van der Waals surface area contributed by atoms with Crippen molar-refractivity contribution in [1.29, 1.82) is 0 Å². The van der Waals surface area contributed by atoms with E-state index in [0.717, 1.165) is 38.8 Å². The number of hydrogen-bond donors (Lipinski definition) is 0. The smallest absolute Gasteiger partial charge is 0.415 e. The van der Waals surface area contributed by atoms with Crippen LogP contribution in [0.15, 0.2) is 71.2 Å². The molecule has 0 fully saturated rings. The van der Waals surface area contributed by atoms with Crippen LogP contribution in [0.5, 0.6) is 0 Å². The maximum Gasteiger partial charge on any atom is 0.415 e. The fraction of sp³-hybridized carbons (Fsp3) is 0.208. The third kappa shape index (κ3) is 4.20. The number of aryl methyl sites for hydroxylation is 2. The summed E-state index contributed by atoms with van der Waals surface area (Å²) in [5, 5.41) is 0. The Morgan fingerprint density at radius 2 is 1.93 bits per heavy atom. The second-order valence-electron chi connectivity index (χ2n) is 7.25. The Morgan fingerprint density at radius 1 is 1.14 bits per heavy atom. The summed E-state index contributed by atoms with van der Waals surface area (Å²) < 4.78 is 20.5. The Balaban J connectivity index is 1.70. The third-order valence-electron chi connectivity index (χ3n) is 5.25. The average molecular weight is 454 g/mol. The molecule has 1 aliphatic heterocycles. The SMILES string of the molecule is Cc1cc2c(cc1Br)N(C(=O)OCc1ccccc1)C(c1cccc(F)c1)CC2. The topological polar surface area (TPSA) is 29.5 Å². The molecular formula is C24H21BrFNO2. The van der Waals surface area contributed by atoms with Crippen LogP contribution in [0.2, 0.25) is 0 Å². The highest BCUT2D eigenvalue weighted by Gasteiger charge is 2.34. The van der Waals surface area contributed by atoms with Gasteiger partial charge in [0, 0.05) is 4.47 Å². The van der Waals surface area contributed by atoms with Gasteiger partial charge < -0.3 is 4.74 Å². The first-order valence-corrected chi connectivity index (χ1v) is 10.4. The minimum atomic E-state index is -0.431. The summed E-state index contributed by atoms with van der Waals surface area (Å²) in [4.78, 5) is 14.9. The van der Waals surface area contributed by atoms with Crippen LogP contribution in [-0.4, -0.2) is 6.09 Å². The van der Waals surface area contributed by atoms with Crippen LogP contribution < -0.4 is 4.90 Å². The molecule has 0 aliphatic carbocycles. The van der Waals surface area contributed by atoms with Crippen LogP contribution in [0.3, 0.4) is 0 Å². The summed E-state index contributed by atoms with van der Waals surface area (Å²) in [6.07, 6.45) is 1.09. The predicted molar refractivity (Wildman–Crippen MR) is 115 cm³/mol.